The third-order valence-electron chi connectivity index (χ3n) is 4.30. The molecule has 0 aromatic rings. The largest absolute Gasteiger partial charge is 0.373 e. The number of hydrogen-bond donors (Lipinski definition) is 1. The second kappa shape index (κ2) is 5.03. The summed E-state index contributed by atoms with van der Waals surface area (Å²) >= 11 is 0. The van der Waals surface area contributed by atoms with Gasteiger partial charge in [-0.15, -0.1) is 0 Å². The average molecular weight is 226 g/mol. The quantitative estimate of drug-likeness (QED) is 0.791. The monoisotopic (exact) mass is 226 g/mol. The molecule has 0 aromatic heterocycles. The number of nitrogens with zero attached hydrogens (tertiary/aromatic N) is 1. The molecule has 1 heterocycles. The van der Waals surface area contributed by atoms with Gasteiger partial charge in [-0.25, -0.2) is 0 Å². The van der Waals surface area contributed by atoms with E-state index in [1.165, 1.54) is 32.2 Å². The average Bonchev–Trinajstić information content (AvgIpc) is 2.15. The summed E-state index contributed by atoms with van der Waals surface area (Å²) in [5, 5.41) is 0. The number of ether oxygens (including phenoxy) is 1. The molecular weight excluding hydrogens is 200 g/mol. The van der Waals surface area contributed by atoms with E-state index in [4.69, 9.17) is 10.5 Å². The molecule has 1 aliphatic carbocycles. The predicted molar refractivity (Wildman–Crippen MR) is 66.4 cm³/mol. The maximum absolute atomic E-state index is 5.90. The first kappa shape index (κ1) is 12.3. The Labute approximate surface area is 99.3 Å². The summed E-state index contributed by atoms with van der Waals surface area (Å²) in [4.78, 5) is 2.55. The van der Waals surface area contributed by atoms with Gasteiger partial charge in [-0.2, -0.15) is 0 Å². The van der Waals surface area contributed by atoms with Crippen molar-refractivity contribution in [3.8, 4) is 0 Å². The van der Waals surface area contributed by atoms with Crippen molar-refractivity contribution in [3.63, 3.8) is 0 Å². The van der Waals surface area contributed by atoms with Crippen LogP contribution in [0.2, 0.25) is 0 Å². The molecule has 0 amide bonds. The van der Waals surface area contributed by atoms with Crippen LogP contribution in [0.1, 0.15) is 39.5 Å². The summed E-state index contributed by atoms with van der Waals surface area (Å²) in [7, 11) is 0. The SMILES string of the molecule is CC1CN(CCC2(CN)CCC2)CC(C)O1. The van der Waals surface area contributed by atoms with E-state index < -0.39 is 0 Å². The zero-order chi connectivity index (χ0) is 11.6. The van der Waals surface area contributed by atoms with Crippen molar-refractivity contribution >= 4 is 0 Å². The van der Waals surface area contributed by atoms with Gasteiger partial charge in [0, 0.05) is 13.1 Å². The van der Waals surface area contributed by atoms with Crippen LogP contribution in [-0.4, -0.2) is 43.3 Å². The van der Waals surface area contributed by atoms with Gasteiger partial charge in [-0.1, -0.05) is 6.42 Å². The van der Waals surface area contributed by atoms with E-state index in [1.54, 1.807) is 0 Å². The lowest BCUT2D eigenvalue weighted by atomic mass is 9.66. The van der Waals surface area contributed by atoms with Gasteiger partial charge in [0.1, 0.15) is 0 Å². The Balaban J connectivity index is 1.76. The number of nitrogens with two attached hydrogens (primary N) is 1. The van der Waals surface area contributed by atoms with Crippen molar-refractivity contribution < 1.29 is 4.74 Å². The van der Waals surface area contributed by atoms with E-state index in [9.17, 15) is 0 Å². The molecule has 1 saturated heterocycles. The topological polar surface area (TPSA) is 38.5 Å². The van der Waals surface area contributed by atoms with Gasteiger partial charge in [0.25, 0.3) is 0 Å². The maximum Gasteiger partial charge on any atom is 0.0678 e. The lowest BCUT2D eigenvalue weighted by molar-refractivity contribution is -0.0720. The van der Waals surface area contributed by atoms with Crippen LogP contribution in [0, 0.1) is 5.41 Å². The van der Waals surface area contributed by atoms with Gasteiger partial charge in [-0.3, -0.25) is 4.90 Å². The van der Waals surface area contributed by atoms with E-state index >= 15 is 0 Å². The summed E-state index contributed by atoms with van der Waals surface area (Å²) in [6, 6.07) is 0. The second-order valence-corrected chi connectivity index (χ2v) is 5.82. The van der Waals surface area contributed by atoms with Gasteiger partial charge >= 0.3 is 0 Å². The number of hydrogen-bond acceptors (Lipinski definition) is 3. The van der Waals surface area contributed by atoms with E-state index in [1.807, 2.05) is 0 Å². The summed E-state index contributed by atoms with van der Waals surface area (Å²) in [6.07, 6.45) is 6.13. The lowest BCUT2D eigenvalue weighted by Crippen LogP contribution is -2.48. The third kappa shape index (κ3) is 2.76. The molecule has 2 rings (SSSR count). The molecule has 0 bridgehead atoms. The highest BCUT2D eigenvalue weighted by atomic mass is 16.5. The molecule has 0 spiro atoms. The number of rotatable bonds is 4. The van der Waals surface area contributed by atoms with E-state index in [2.05, 4.69) is 18.7 Å². The van der Waals surface area contributed by atoms with Crippen LogP contribution in [0.3, 0.4) is 0 Å². The molecule has 94 valence electrons. The molecule has 2 N–H and O–H groups in total. The van der Waals surface area contributed by atoms with Crippen molar-refractivity contribution in [2.45, 2.75) is 51.7 Å². The van der Waals surface area contributed by atoms with E-state index in [0.29, 0.717) is 17.6 Å². The molecule has 3 nitrogen and oxygen atoms in total. The highest BCUT2D eigenvalue weighted by Crippen LogP contribution is 2.43. The highest BCUT2D eigenvalue weighted by molar-refractivity contribution is 4.89. The molecule has 16 heavy (non-hydrogen) atoms. The van der Waals surface area contributed by atoms with Crippen LogP contribution in [0.15, 0.2) is 0 Å². The highest BCUT2D eigenvalue weighted by Gasteiger charge is 2.36. The van der Waals surface area contributed by atoms with Gasteiger partial charge in [0.15, 0.2) is 0 Å². The Morgan fingerprint density at radius 1 is 1.25 bits per heavy atom. The number of morpholine rings is 1. The predicted octanol–water partition coefficient (Wildman–Crippen LogP) is 1.61. The second-order valence-electron chi connectivity index (χ2n) is 5.82. The molecule has 2 fully saturated rings. The minimum atomic E-state index is 0.388. The molecule has 0 aromatic carbocycles. The first-order valence-electron chi connectivity index (χ1n) is 6.71. The molecule has 1 saturated carbocycles. The molecular formula is C13H26N2O. The van der Waals surface area contributed by atoms with Gasteiger partial charge in [0.05, 0.1) is 12.2 Å². The third-order valence-corrected chi connectivity index (χ3v) is 4.30. The molecule has 2 aliphatic rings. The summed E-state index contributed by atoms with van der Waals surface area (Å²) in [5.41, 5.74) is 6.39. The van der Waals surface area contributed by atoms with E-state index in [-0.39, 0.29) is 0 Å². The fourth-order valence-corrected chi connectivity index (χ4v) is 3.10. The molecule has 0 radical (unpaired) electrons. The van der Waals surface area contributed by atoms with Crippen molar-refractivity contribution in [2.75, 3.05) is 26.2 Å². The van der Waals surface area contributed by atoms with Crippen molar-refractivity contribution in [1.29, 1.82) is 0 Å². The smallest absolute Gasteiger partial charge is 0.0678 e. The normalized spacial score (nSPS) is 34.7. The van der Waals surface area contributed by atoms with Gasteiger partial charge < -0.3 is 10.5 Å². The Kier molecular flexibility index (Phi) is 3.88. The zero-order valence-corrected chi connectivity index (χ0v) is 10.7. The zero-order valence-electron chi connectivity index (χ0n) is 10.7. The molecule has 1 aliphatic heterocycles. The van der Waals surface area contributed by atoms with Crippen LogP contribution in [0.4, 0.5) is 0 Å². The standard InChI is InChI=1S/C13H26N2O/c1-11-8-15(9-12(2)16-11)7-6-13(10-14)4-3-5-13/h11-12H,3-10,14H2,1-2H3. The minimum absolute atomic E-state index is 0.388. The lowest BCUT2D eigenvalue weighted by Gasteiger charge is -2.43. The minimum Gasteiger partial charge on any atom is -0.373 e. The molecule has 3 heteroatoms. The fraction of sp³-hybridized carbons (Fsp3) is 1.00. The first-order chi connectivity index (χ1) is 7.63. The van der Waals surface area contributed by atoms with Gasteiger partial charge in [-0.05, 0) is 51.6 Å². The first-order valence-corrected chi connectivity index (χ1v) is 6.71. The van der Waals surface area contributed by atoms with Crippen LogP contribution in [0.5, 0.6) is 0 Å². The van der Waals surface area contributed by atoms with E-state index in [0.717, 1.165) is 19.6 Å². The van der Waals surface area contributed by atoms with Crippen molar-refractivity contribution in [1.82, 2.24) is 4.90 Å². The van der Waals surface area contributed by atoms with Crippen LogP contribution in [0.25, 0.3) is 0 Å². The van der Waals surface area contributed by atoms with Gasteiger partial charge in [0.2, 0.25) is 0 Å². The Morgan fingerprint density at radius 3 is 2.31 bits per heavy atom. The Morgan fingerprint density at radius 2 is 1.88 bits per heavy atom. The summed E-state index contributed by atoms with van der Waals surface area (Å²) in [6.45, 7) is 8.60. The maximum atomic E-state index is 5.90. The molecule has 2 unspecified atom stereocenters. The molecule has 2 atom stereocenters. The van der Waals surface area contributed by atoms with Crippen LogP contribution in [-0.2, 0) is 4.74 Å². The fourth-order valence-electron chi connectivity index (χ4n) is 3.10. The Hall–Kier alpha value is -0.120. The van der Waals surface area contributed by atoms with Crippen molar-refractivity contribution in [3.05, 3.63) is 0 Å². The van der Waals surface area contributed by atoms with Crippen LogP contribution < -0.4 is 5.73 Å². The summed E-state index contributed by atoms with van der Waals surface area (Å²) < 4.78 is 5.75. The summed E-state index contributed by atoms with van der Waals surface area (Å²) in [5.74, 6) is 0. The van der Waals surface area contributed by atoms with Crippen LogP contribution >= 0.6 is 0 Å². The van der Waals surface area contributed by atoms with Crippen molar-refractivity contribution in [2.24, 2.45) is 11.1 Å². The Bertz CT molecular complexity index is 212.